The highest BCUT2D eigenvalue weighted by atomic mass is 31.1. The Hall–Kier alpha value is -2.57. The van der Waals surface area contributed by atoms with Crippen molar-refractivity contribution in [2.75, 3.05) is 6.66 Å². The highest BCUT2D eigenvalue weighted by Gasteiger charge is 2.30. The maximum absolute atomic E-state index is 12.7. The summed E-state index contributed by atoms with van der Waals surface area (Å²) in [5, 5.41) is 3.36. The van der Waals surface area contributed by atoms with Crippen LogP contribution in [0.1, 0.15) is 24.7 Å². The Bertz CT molecular complexity index is 1030. The van der Waals surface area contributed by atoms with Crippen molar-refractivity contribution >= 4 is 19.1 Å². The van der Waals surface area contributed by atoms with Crippen molar-refractivity contribution in [1.82, 2.24) is 14.6 Å². The molecular formula is C21H24F3N4OP. The Morgan fingerprint density at radius 3 is 2.47 bits per heavy atom. The number of hydrogen-bond acceptors (Lipinski definition) is 4. The van der Waals surface area contributed by atoms with Crippen LogP contribution >= 0.6 is 8.07 Å². The van der Waals surface area contributed by atoms with Gasteiger partial charge in [-0.25, -0.2) is 4.98 Å². The van der Waals surface area contributed by atoms with Crippen molar-refractivity contribution in [2.45, 2.75) is 32.6 Å². The van der Waals surface area contributed by atoms with Gasteiger partial charge in [0.05, 0.1) is 23.1 Å². The number of benzene rings is 2. The van der Waals surface area contributed by atoms with E-state index in [0.29, 0.717) is 23.5 Å². The number of nitrogens with zero attached hydrogens (tertiary/aromatic N) is 2. The molecular weight excluding hydrogens is 412 g/mol. The number of nitrogens with two attached hydrogens (primary N) is 1. The number of halogens is 3. The molecule has 3 rings (SSSR count). The van der Waals surface area contributed by atoms with Gasteiger partial charge in [0.15, 0.2) is 0 Å². The van der Waals surface area contributed by atoms with Gasteiger partial charge in [0, 0.05) is 26.1 Å². The van der Waals surface area contributed by atoms with Crippen LogP contribution < -0.4 is 15.6 Å². The number of rotatable bonds is 8. The van der Waals surface area contributed by atoms with Gasteiger partial charge < -0.3 is 15.0 Å². The monoisotopic (exact) mass is 436 g/mol. The molecule has 0 amide bonds. The minimum atomic E-state index is -4.37. The van der Waals surface area contributed by atoms with Gasteiger partial charge in [-0.15, -0.1) is 0 Å². The van der Waals surface area contributed by atoms with Crippen molar-refractivity contribution < 1.29 is 17.9 Å². The van der Waals surface area contributed by atoms with E-state index in [1.165, 1.54) is 12.1 Å². The van der Waals surface area contributed by atoms with E-state index in [1.807, 2.05) is 18.8 Å². The molecule has 5 nitrogen and oxygen atoms in total. The Balaban J connectivity index is 1.85. The predicted octanol–water partition coefficient (Wildman–Crippen LogP) is 5.80. The van der Waals surface area contributed by atoms with Crippen molar-refractivity contribution in [3.05, 3.63) is 65.9 Å². The maximum Gasteiger partial charge on any atom is 0.416 e. The fraction of sp³-hybridized carbons (Fsp3) is 0.286. The third-order valence-corrected chi connectivity index (χ3v) is 6.06. The summed E-state index contributed by atoms with van der Waals surface area (Å²) in [7, 11) is -0.690. The summed E-state index contributed by atoms with van der Waals surface area (Å²) in [4.78, 5) is 4.71. The van der Waals surface area contributed by atoms with E-state index >= 15 is 0 Å². The number of ether oxygens (including phenoxy) is 1. The first-order chi connectivity index (χ1) is 14.2. The number of imidazole rings is 1. The van der Waals surface area contributed by atoms with E-state index in [9.17, 15) is 13.2 Å². The van der Waals surface area contributed by atoms with E-state index in [-0.39, 0.29) is 0 Å². The summed E-state index contributed by atoms with van der Waals surface area (Å²) in [5.41, 5.74) is 7.41. The van der Waals surface area contributed by atoms with E-state index in [4.69, 9.17) is 15.5 Å². The largest absolute Gasteiger partial charge is 0.457 e. The molecule has 3 N–H and O–H groups in total. The van der Waals surface area contributed by atoms with Crippen LogP contribution in [0.25, 0.3) is 11.0 Å². The first-order valence-corrected chi connectivity index (χ1v) is 11.2. The van der Waals surface area contributed by atoms with Crippen molar-refractivity contribution in [3.63, 3.8) is 0 Å². The van der Waals surface area contributed by atoms with Crippen LogP contribution in [0, 0.1) is 0 Å². The lowest BCUT2D eigenvalue weighted by molar-refractivity contribution is -0.137. The molecule has 1 atom stereocenters. The molecule has 0 fully saturated rings. The maximum atomic E-state index is 12.7. The molecule has 0 bridgehead atoms. The van der Waals surface area contributed by atoms with Crippen LogP contribution in [0.3, 0.4) is 0 Å². The summed E-state index contributed by atoms with van der Waals surface area (Å²) in [6.07, 6.45) is -3.45. The van der Waals surface area contributed by atoms with Crippen LogP contribution in [-0.4, -0.2) is 16.2 Å². The van der Waals surface area contributed by atoms with Gasteiger partial charge in [0.2, 0.25) is 0 Å². The lowest BCUT2D eigenvalue weighted by atomic mass is 10.2. The molecule has 1 unspecified atom stereocenters. The molecule has 2 aromatic carbocycles. The molecule has 0 aliphatic rings. The molecule has 0 radical (unpaired) electrons. The van der Waals surface area contributed by atoms with Gasteiger partial charge in [-0.05, 0) is 49.5 Å². The van der Waals surface area contributed by atoms with Gasteiger partial charge in [-0.3, -0.25) is 5.09 Å². The fourth-order valence-electron chi connectivity index (χ4n) is 2.96. The van der Waals surface area contributed by atoms with Crippen molar-refractivity contribution in [2.24, 2.45) is 5.73 Å². The third-order valence-electron chi connectivity index (χ3n) is 4.57. The number of aryl methyl sites for hydroxylation is 1. The summed E-state index contributed by atoms with van der Waals surface area (Å²) in [6, 6.07) is 10.1. The quantitative estimate of drug-likeness (QED) is 0.438. The number of hydrogen-bond donors (Lipinski definition) is 2. The van der Waals surface area contributed by atoms with E-state index < -0.39 is 19.8 Å². The summed E-state index contributed by atoms with van der Waals surface area (Å²) < 4.78 is 46.1. The Labute approximate surface area is 174 Å². The molecule has 0 saturated heterocycles. The SMILES string of the molecule is C=C(N)P(C)NCc1nc2ccc(Oc3ccc(C(F)(F)F)cc3)cc2n1CCC. The molecule has 160 valence electrons. The Morgan fingerprint density at radius 2 is 1.87 bits per heavy atom. The van der Waals surface area contributed by atoms with Crippen LogP contribution in [-0.2, 0) is 19.3 Å². The lowest BCUT2D eigenvalue weighted by Gasteiger charge is -2.14. The second kappa shape index (κ2) is 9.06. The number of alkyl halides is 3. The van der Waals surface area contributed by atoms with E-state index in [0.717, 1.165) is 42.0 Å². The average molecular weight is 436 g/mol. The molecule has 9 heteroatoms. The van der Waals surface area contributed by atoms with E-state index in [1.54, 1.807) is 6.07 Å². The highest BCUT2D eigenvalue weighted by Crippen LogP contribution is 2.33. The average Bonchev–Trinajstić information content (AvgIpc) is 3.03. The van der Waals surface area contributed by atoms with Gasteiger partial charge >= 0.3 is 6.18 Å². The van der Waals surface area contributed by atoms with Crippen molar-refractivity contribution in [3.8, 4) is 11.5 Å². The fourth-order valence-corrected chi connectivity index (χ4v) is 3.54. The predicted molar refractivity (Wildman–Crippen MR) is 115 cm³/mol. The number of fused-ring (bicyclic) bond motifs is 1. The van der Waals surface area contributed by atoms with Crippen LogP contribution in [0.15, 0.2) is 54.5 Å². The van der Waals surface area contributed by atoms with Gasteiger partial charge in [0.1, 0.15) is 17.3 Å². The highest BCUT2D eigenvalue weighted by molar-refractivity contribution is 7.59. The molecule has 1 heterocycles. The zero-order valence-corrected chi connectivity index (χ0v) is 17.7. The van der Waals surface area contributed by atoms with Gasteiger partial charge in [-0.2, -0.15) is 13.2 Å². The minimum absolute atomic E-state index is 0.337. The van der Waals surface area contributed by atoms with E-state index in [2.05, 4.69) is 23.2 Å². The van der Waals surface area contributed by atoms with Crippen molar-refractivity contribution in [1.29, 1.82) is 0 Å². The summed E-state index contributed by atoms with van der Waals surface area (Å²) in [6.45, 7) is 9.20. The summed E-state index contributed by atoms with van der Waals surface area (Å²) >= 11 is 0. The minimum Gasteiger partial charge on any atom is -0.457 e. The normalized spacial score (nSPS) is 12.8. The smallest absolute Gasteiger partial charge is 0.416 e. The van der Waals surface area contributed by atoms with Gasteiger partial charge in [-0.1, -0.05) is 13.5 Å². The molecule has 3 aromatic rings. The first kappa shape index (κ1) is 22.1. The standard InChI is InChI=1S/C21H24F3N4OP/c1-4-11-28-19-12-17(29-16-7-5-15(6-8-16)21(22,23)24)9-10-18(19)27-20(28)13-26-30(3)14(2)25/h5-10,12,26H,2,4,11,13,25H2,1,3H3. The molecule has 30 heavy (non-hydrogen) atoms. The second-order valence-electron chi connectivity index (χ2n) is 6.84. The zero-order chi connectivity index (χ0) is 21.9. The second-order valence-corrected chi connectivity index (χ2v) is 8.85. The first-order valence-electron chi connectivity index (χ1n) is 9.45. The van der Waals surface area contributed by atoms with Crippen LogP contribution in [0.2, 0.25) is 0 Å². The molecule has 1 aromatic heterocycles. The molecule has 0 aliphatic heterocycles. The third kappa shape index (κ3) is 5.12. The zero-order valence-electron chi connectivity index (χ0n) is 16.8. The Morgan fingerprint density at radius 1 is 1.20 bits per heavy atom. The van der Waals surface area contributed by atoms with Gasteiger partial charge in [0.25, 0.3) is 0 Å². The molecule has 0 aliphatic carbocycles. The number of nitrogens with one attached hydrogen (secondary N) is 1. The van der Waals surface area contributed by atoms with Crippen LogP contribution in [0.4, 0.5) is 13.2 Å². The lowest BCUT2D eigenvalue weighted by Crippen LogP contribution is -2.14. The van der Waals surface area contributed by atoms with Crippen LogP contribution in [0.5, 0.6) is 11.5 Å². The number of aromatic nitrogens is 2. The summed E-state index contributed by atoms with van der Waals surface area (Å²) in [5.74, 6) is 1.75. The topological polar surface area (TPSA) is 65.1 Å². The molecule has 0 spiro atoms. The molecule has 0 saturated carbocycles. The Kier molecular flexibility index (Phi) is 6.68.